The Morgan fingerprint density at radius 2 is 2.21 bits per heavy atom. The van der Waals surface area contributed by atoms with Gasteiger partial charge in [0, 0.05) is 21.0 Å². The lowest BCUT2D eigenvalue weighted by molar-refractivity contribution is 0.430. The highest BCUT2D eigenvalue weighted by Crippen LogP contribution is 2.50. The van der Waals surface area contributed by atoms with E-state index >= 15 is 0 Å². The van der Waals surface area contributed by atoms with E-state index in [0.717, 1.165) is 0 Å². The SMILES string of the molecule is Brc1ccc2c(c1)C1C=CCC1C(c1cccs1)N2. The minimum absolute atomic E-state index is 0.452. The molecule has 2 heterocycles. The number of halogens is 1. The maximum Gasteiger partial charge on any atom is 0.0646 e. The first kappa shape index (κ1) is 11.7. The van der Waals surface area contributed by atoms with E-state index in [9.17, 15) is 0 Å². The molecule has 0 spiro atoms. The number of fused-ring (bicyclic) bond motifs is 3. The molecule has 4 rings (SSSR count). The minimum atomic E-state index is 0.452. The van der Waals surface area contributed by atoms with Gasteiger partial charge in [-0.1, -0.05) is 34.1 Å². The van der Waals surface area contributed by atoms with Gasteiger partial charge in [0.1, 0.15) is 0 Å². The minimum Gasteiger partial charge on any atom is -0.377 e. The van der Waals surface area contributed by atoms with Crippen molar-refractivity contribution in [2.24, 2.45) is 5.92 Å². The summed E-state index contributed by atoms with van der Waals surface area (Å²) in [4.78, 5) is 1.45. The van der Waals surface area contributed by atoms with Gasteiger partial charge in [-0.25, -0.2) is 0 Å². The Bertz CT molecular complexity index is 632. The standard InChI is InChI=1S/C16H14BrNS/c17-10-6-7-14-13(9-10)11-3-1-4-12(11)16(18-14)15-5-2-8-19-15/h1-3,5-9,11-12,16,18H,4H2. The van der Waals surface area contributed by atoms with E-state index < -0.39 is 0 Å². The van der Waals surface area contributed by atoms with Crippen LogP contribution in [0.4, 0.5) is 5.69 Å². The lowest BCUT2D eigenvalue weighted by Gasteiger charge is -2.36. The summed E-state index contributed by atoms with van der Waals surface area (Å²) in [6, 6.07) is 11.4. The van der Waals surface area contributed by atoms with E-state index in [1.54, 1.807) is 0 Å². The third-order valence-corrected chi connectivity index (χ3v) is 5.62. The van der Waals surface area contributed by atoms with Crippen LogP contribution >= 0.6 is 27.3 Å². The fraction of sp³-hybridized carbons (Fsp3) is 0.250. The number of anilines is 1. The van der Waals surface area contributed by atoms with E-state index in [2.05, 4.69) is 69.1 Å². The molecule has 0 fully saturated rings. The molecule has 2 aromatic rings. The molecule has 1 aromatic carbocycles. The van der Waals surface area contributed by atoms with E-state index in [1.165, 1.54) is 27.0 Å². The highest BCUT2D eigenvalue weighted by molar-refractivity contribution is 9.10. The average Bonchev–Trinajstić information content (AvgIpc) is 3.09. The number of rotatable bonds is 1. The Labute approximate surface area is 125 Å². The van der Waals surface area contributed by atoms with Crippen LogP contribution < -0.4 is 5.32 Å². The topological polar surface area (TPSA) is 12.0 Å². The van der Waals surface area contributed by atoms with Gasteiger partial charge in [-0.15, -0.1) is 11.3 Å². The summed E-state index contributed by atoms with van der Waals surface area (Å²) in [5.41, 5.74) is 2.72. The third-order valence-electron chi connectivity index (χ3n) is 4.17. The van der Waals surface area contributed by atoms with Gasteiger partial charge in [-0.05, 0) is 47.5 Å². The Balaban J connectivity index is 1.82. The van der Waals surface area contributed by atoms with Crippen LogP contribution in [-0.2, 0) is 0 Å². The van der Waals surface area contributed by atoms with Crippen molar-refractivity contribution in [3.63, 3.8) is 0 Å². The zero-order chi connectivity index (χ0) is 12.8. The first-order chi connectivity index (χ1) is 9.33. The van der Waals surface area contributed by atoms with Gasteiger partial charge >= 0.3 is 0 Å². The molecule has 1 N–H and O–H groups in total. The van der Waals surface area contributed by atoms with Gasteiger partial charge < -0.3 is 5.32 Å². The Hall–Kier alpha value is -1.06. The maximum absolute atomic E-state index is 3.75. The smallest absolute Gasteiger partial charge is 0.0646 e. The largest absolute Gasteiger partial charge is 0.377 e. The average molecular weight is 332 g/mol. The summed E-state index contributed by atoms with van der Waals surface area (Å²) in [5.74, 6) is 1.21. The molecule has 0 saturated heterocycles. The molecule has 1 aliphatic heterocycles. The molecule has 0 amide bonds. The number of hydrogen-bond donors (Lipinski definition) is 1. The van der Waals surface area contributed by atoms with Crippen LogP contribution in [0.2, 0.25) is 0 Å². The monoisotopic (exact) mass is 331 g/mol. The van der Waals surface area contributed by atoms with Crippen molar-refractivity contribution in [2.75, 3.05) is 5.32 Å². The van der Waals surface area contributed by atoms with Gasteiger partial charge in [0.15, 0.2) is 0 Å². The summed E-state index contributed by atoms with van der Waals surface area (Å²) < 4.78 is 1.17. The molecular formula is C16H14BrNS. The zero-order valence-corrected chi connectivity index (χ0v) is 12.7. The Kier molecular flexibility index (Phi) is 2.78. The Morgan fingerprint density at radius 1 is 1.26 bits per heavy atom. The molecule has 1 nitrogen and oxygen atoms in total. The van der Waals surface area contributed by atoms with Crippen molar-refractivity contribution in [3.05, 3.63) is 62.8 Å². The maximum atomic E-state index is 3.75. The second-order valence-corrected chi connectivity index (χ2v) is 7.12. The van der Waals surface area contributed by atoms with E-state index in [0.29, 0.717) is 17.9 Å². The van der Waals surface area contributed by atoms with Crippen molar-refractivity contribution in [1.82, 2.24) is 0 Å². The normalized spacial score (nSPS) is 27.7. The number of hydrogen-bond acceptors (Lipinski definition) is 2. The molecule has 0 radical (unpaired) electrons. The van der Waals surface area contributed by atoms with Gasteiger partial charge in [-0.3, -0.25) is 0 Å². The van der Waals surface area contributed by atoms with Crippen molar-refractivity contribution in [3.8, 4) is 0 Å². The van der Waals surface area contributed by atoms with Crippen LogP contribution in [0.15, 0.2) is 52.3 Å². The fourth-order valence-electron chi connectivity index (χ4n) is 3.32. The quantitative estimate of drug-likeness (QED) is 0.695. The van der Waals surface area contributed by atoms with Crippen LogP contribution in [0.25, 0.3) is 0 Å². The highest BCUT2D eigenvalue weighted by atomic mass is 79.9. The number of allylic oxidation sites excluding steroid dienone is 2. The lowest BCUT2D eigenvalue weighted by atomic mass is 9.79. The van der Waals surface area contributed by atoms with Gasteiger partial charge in [0.25, 0.3) is 0 Å². The molecule has 1 aromatic heterocycles. The van der Waals surface area contributed by atoms with Crippen molar-refractivity contribution >= 4 is 33.0 Å². The molecular weight excluding hydrogens is 318 g/mol. The molecule has 3 heteroatoms. The summed E-state index contributed by atoms with van der Waals surface area (Å²) in [5, 5.41) is 5.92. The summed E-state index contributed by atoms with van der Waals surface area (Å²) in [6.45, 7) is 0. The van der Waals surface area contributed by atoms with Gasteiger partial charge in [-0.2, -0.15) is 0 Å². The summed E-state index contributed by atoms with van der Waals surface area (Å²) in [6.07, 6.45) is 5.90. The summed E-state index contributed by atoms with van der Waals surface area (Å²) >= 11 is 5.45. The van der Waals surface area contributed by atoms with Crippen molar-refractivity contribution in [2.45, 2.75) is 18.4 Å². The molecule has 19 heavy (non-hydrogen) atoms. The second kappa shape index (κ2) is 4.50. The summed E-state index contributed by atoms with van der Waals surface area (Å²) in [7, 11) is 0. The predicted molar refractivity (Wildman–Crippen MR) is 84.8 cm³/mol. The lowest BCUT2D eigenvalue weighted by Crippen LogP contribution is -2.28. The van der Waals surface area contributed by atoms with E-state index in [4.69, 9.17) is 0 Å². The van der Waals surface area contributed by atoms with Crippen LogP contribution in [0.1, 0.15) is 28.8 Å². The van der Waals surface area contributed by atoms with Crippen LogP contribution in [0, 0.1) is 5.92 Å². The molecule has 3 atom stereocenters. The molecule has 0 saturated carbocycles. The Morgan fingerprint density at radius 3 is 3.05 bits per heavy atom. The fourth-order valence-corrected chi connectivity index (χ4v) is 4.55. The number of benzene rings is 1. The molecule has 3 unspecified atom stereocenters. The van der Waals surface area contributed by atoms with Crippen molar-refractivity contribution in [1.29, 1.82) is 0 Å². The predicted octanol–water partition coefficient (Wildman–Crippen LogP) is 5.34. The second-order valence-electron chi connectivity index (χ2n) is 5.22. The van der Waals surface area contributed by atoms with Crippen LogP contribution in [0.5, 0.6) is 0 Å². The van der Waals surface area contributed by atoms with E-state index in [1.807, 2.05) is 11.3 Å². The molecule has 0 bridgehead atoms. The number of nitrogens with one attached hydrogen (secondary N) is 1. The molecule has 2 aliphatic rings. The van der Waals surface area contributed by atoms with Gasteiger partial charge in [0.2, 0.25) is 0 Å². The van der Waals surface area contributed by atoms with Crippen LogP contribution in [0.3, 0.4) is 0 Å². The van der Waals surface area contributed by atoms with Crippen molar-refractivity contribution < 1.29 is 0 Å². The molecule has 96 valence electrons. The van der Waals surface area contributed by atoms with Crippen LogP contribution in [-0.4, -0.2) is 0 Å². The molecule has 1 aliphatic carbocycles. The zero-order valence-electron chi connectivity index (χ0n) is 10.3. The first-order valence-corrected chi connectivity index (χ1v) is 8.26. The van der Waals surface area contributed by atoms with E-state index in [-0.39, 0.29) is 0 Å². The third kappa shape index (κ3) is 1.87. The first-order valence-electron chi connectivity index (χ1n) is 6.59. The highest BCUT2D eigenvalue weighted by Gasteiger charge is 2.38. The number of thiophene rings is 1. The van der Waals surface area contributed by atoms with Gasteiger partial charge in [0.05, 0.1) is 6.04 Å².